The lowest BCUT2D eigenvalue weighted by Crippen LogP contribution is -2.56. The highest BCUT2D eigenvalue weighted by Gasteiger charge is 2.75. The number of ether oxygens (including phenoxy) is 1. The van der Waals surface area contributed by atoms with Crippen molar-refractivity contribution in [1.29, 1.82) is 0 Å². The van der Waals surface area contributed by atoms with E-state index in [4.69, 9.17) is 13.6 Å². The molecule has 2 rings (SSSR count). The average Bonchev–Trinajstić information content (AvgIpc) is 3.02. The lowest BCUT2D eigenvalue weighted by Gasteiger charge is -2.45. The molecular weight excluding hydrogens is 341 g/mol. The first-order valence-corrected chi connectivity index (χ1v) is 10.6. The van der Waals surface area contributed by atoms with E-state index in [2.05, 4.69) is 0 Å². The second-order valence-corrected chi connectivity index (χ2v) is 11.7. The second kappa shape index (κ2) is 5.98. The molecule has 0 aromatic carbocycles. The Labute approximate surface area is 142 Å². The van der Waals surface area contributed by atoms with Crippen LogP contribution in [0.25, 0.3) is 0 Å². The average molecular weight is 368 g/mol. The topological polar surface area (TPSA) is 44.8 Å². The molecule has 140 valence electrons. The minimum atomic E-state index is -4.65. The highest BCUT2D eigenvalue weighted by Crippen LogP contribution is 2.68. The van der Waals surface area contributed by atoms with Crippen molar-refractivity contribution < 1.29 is 31.6 Å². The zero-order valence-electron chi connectivity index (χ0n) is 15.1. The minimum absolute atomic E-state index is 0.147. The van der Waals surface area contributed by atoms with Gasteiger partial charge < -0.3 is 13.6 Å². The molecule has 4 atom stereocenters. The van der Waals surface area contributed by atoms with Crippen molar-refractivity contribution in [2.45, 2.75) is 63.9 Å². The van der Waals surface area contributed by atoms with E-state index in [1.54, 1.807) is 27.3 Å². The van der Waals surface area contributed by atoms with Crippen molar-refractivity contribution in [2.75, 3.05) is 14.2 Å². The molecule has 2 aliphatic carbocycles. The first kappa shape index (κ1) is 19.7. The highest BCUT2D eigenvalue weighted by molar-refractivity contribution is 6.67. The molecule has 0 radical (unpaired) electrons. The summed E-state index contributed by atoms with van der Waals surface area (Å²) >= 11 is 0. The largest absolute Gasteiger partial charge is 0.459 e. The molecule has 8 heteroatoms. The van der Waals surface area contributed by atoms with E-state index in [0.717, 1.165) is 0 Å². The number of carbonyl (C=O) groups excluding carboxylic acids is 1. The molecule has 0 N–H and O–H groups in total. The Morgan fingerprint density at radius 2 is 1.67 bits per heavy atom. The van der Waals surface area contributed by atoms with Gasteiger partial charge in [-0.25, -0.2) is 0 Å². The first-order valence-electron chi connectivity index (χ1n) is 8.21. The van der Waals surface area contributed by atoms with Crippen LogP contribution in [-0.4, -0.2) is 40.5 Å². The predicted octanol–water partition coefficient (Wildman–Crippen LogP) is 4.04. The van der Waals surface area contributed by atoms with Gasteiger partial charge >= 0.3 is 20.7 Å². The second-order valence-electron chi connectivity index (χ2n) is 8.15. The number of alkyl halides is 3. The Bertz CT molecular complexity index is 499. The van der Waals surface area contributed by atoms with Crippen LogP contribution >= 0.6 is 0 Å². The zero-order chi connectivity index (χ0) is 18.6. The molecule has 4 nitrogen and oxygen atoms in total. The number of fused-ring (bicyclic) bond motifs is 2. The third kappa shape index (κ3) is 3.01. The lowest BCUT2D eigenvalue weighted by atomic mass is 9.72. The fraction of sp³-hybridized carbons (Fsp3) is 0.938. The smallest absolute Gasteiger partial charge is 0.405 e. The van der Waals surface area contributed by atoms with Crippen molar-refractivity contribution >= 4 is 14.5 Å². The highest BCUT2D eigenvalue weighted by atomic mass is 28.4. The molecule has 2 bridgehead atoms. The molecule has 0 aliphatic heterocycles. The third-order valence-electron chi connectivity index (χ3n) is 5.66. The maximum Gasteiger partial charge on any atom is 0.405 e. The Morgan fingerprint density at radius 1 is 1.12 bits per heavy atom. The van der Waals surface area contributed by atoms with Crippen molar-refractivity contribution in [1.82, 2.24) is 0 Å². The molecular formula is C16H27F3O4Si. The SMILES string of the molecule is CO[Si](C)(OC)C1CC2CC1C(C(=O)OC(C)(C)C)(C(F)(F)F)C2. The Kier molecular flexibility index (Phi) is 4.92. The maximum absolute atomic E-state index is 14.1. The van der Waals surface area contributed by atoms with Crippen molar-refractivity contribution in [3.05, 3.63) is 0 Å². The van der Waals surface area contributed by atoms with Crippen LogP contribution in [0, 0.1) is 17.3 Å². The van der Waals surface area contributed by atoms with Gasteiger partial charge in [0.15, 0.2) is 5.41 Å². The quantitative estimate of drug-likeness (QED) is 0.555. The van der Waals surface area contributed by atoms with Gasteiger partial charge in [-0.05, 0) is 58.4 Å². The Morgan fingerprint density at radius 3 is 2.04 bits per heavy atom. The van der Waals surface area contributed by atoms with Crippen molar-refractivity contribution in [3.63, 3.8) is 0 Å². The standard InChI is InChI=1S/C16H27F3O4Si/c1-14(2,3)23-13(20)15(16(17,18)19)9-10-7-11(15)12(8-10)24(6,21-4)22-5/h10-12H,7-9H2,1-6H3. The minimum Gasteiger partial charge on any atom is -0.459 e. The van der Waals surface area contributed by atoms with E-state index < -0.39 is 37.6 Å². The maximum atomic E-state index is 14.1. The number of esters is 1. The third-order valence-corrected chi connectivity index (χ3v) is 9.26. The van der Waals surface area contributed by atoms with Gasteiger partial charge in [-0.2, -0.15) is 13.2 Å². The van der Waals surface area contributed by atoms with Crippen molar-refractivity contribution in [2.24, 2.45) is 17.3 Å². The van der Waals surface area contributed by atoms with Gasteiger partial charge in [-0.15, -0.1) is 0 Å². The van der Waals surface area contributed by atoms with E-state index in [0.29, 0.717) is 12.8 Å². The molecule has 24 heavy (non-hydrogen) atoms. The van der Waals surface area contributed by atoms with Gasteiger partial charge in [0.05, 0.1) is 0 Å². The van der Waals surface area contributed by atoms with Crippen molar-refractivity contribution in [3.8, 4) is 0 Å². The summed E-state index contributed by atoms with van der Waals surface area (Å²) in [6.45, 7) is 6.53. The van der Waals surface area contributed by atoms with E-state index in [9.17, 15) is 18.0 Å². The molecule has 2 fully saturated rings. The molecule has 4 unspecified atom stereocenters. The van der Waals surface area contributed by atoms with Crippen LogP contribution in [0.15, 0.2) is 0 Å². The van der Waals surface area contributed by atoms with Gasteiger partial charge in [-0.1, -0.05) is 0 Å². The van der Waals surface area contributed by atoms with Gasteiger partial charge in [0.25, 0.3) is 0 Å². The lowest BCUT2D eigenvalue weighted by molar-refractivity contribution is -0.253. The normalized spacial score (nSPS) is 33.8. The van der Waals surface area contributed by atoms with E-state index >= 15 is 0 Å². The molecule has 0 heterocycles. The van der Waals surface area contributed by atoms with E-state index in [-0.39, 0.29) is 17.9 Å². The predicted molar refractivity (Wildman–Crippen MR) is 84.6 cm³/mol. The van der Waals surface area contributed by atoms with Gasteiger partial charge in [-0.3, -0.25) is 4.79 Å². The summed E-state index contributed by atoms with van der Waals surface area (Å²) in [6.07, 6.45) is -3.84. The molecule has 0 aromatic heterocycles. The molecule has 0 aromatic rings. The molecule has 2 aliphatic rings. The number of rotatable bonds is 4. The summed E-state index contributed by atoms with van der Waals surface area (Å²) in [5.41, 5.74) is -3.78. The summed E-state index contributed by atoms with van der Waals surface area (Å²) in [4.78, 5) is 12.7. The number of hydrogen-bond donors (Lipinski definition) is 0. The molecule has 0 amide bonds. The summed E-state index contributed by atoms with van der Waals surface area (Å²) in [5, 5.41) is 0. The Balaban J connectivity index is 2.45. The van der Waals surface area contributed by atoms with Crippen LogP contribution in [0.2, 0.25) is 12.1 Å². The Hall–Kier alpha value is -0.603. The van der Waals surface area contributed by atoms with Gasteiger partial charge in [0, 0.05) is 19.8 Å². The van der Waals surface area contributed by atoms with Crippen LogP contribution in [0.3, 0.4) is 0 Å². The van der Waals surface area contributed by atoms with Crippen LogP contribution in [-0.2, 0) is 18.4 Å². The summed E-state index contributed by atoms with van der Waals surface area (Å²) in [7, 11) is 0.155. The van der Waals surface area contributed by atoms with Crippen LogP contribution < -0.4 is 0 Å². The summed E-state index contributed by atoms with van der Waals surface area (Å²) in [6, 6.07) is 0. The zero-order valence-corrected chi connectivity index (χ0v) is 16.1. The monoisotopic (exact) mass is 368 g/mol. The van der Waals surface area contributed by atoms with Gasteiger partial charge in [0.2, 0.25) is 0 Å². The fourth-order valence-corrected chi connectivity index (χ4v) is 7.16. The summed E-state index contributed by atoms with van der Waals surface area (Å²) in [5.74, 6) is -2.14. The fourth-order valence-electron chi connectivity index (χ4n) is 4.47. The molecule has 0 saturated heterocycles. The van der Waals surface area contributed by atoms with Crippen LogP contribution in [0.4, 0.5) is 13.2 Å². The van der Waals surface area contributed by atoms with E-state index in [1.807, 2.05) is 0 Å². The van der Waals surface area contributed by atoms with Gasteiger partial charge in [0.1, 0.15) is 5.60 Å². The molecule has 0 spiro atoms. The number of hydrogen-bond acceptors (Lipinski definition) is 4. The number of carbonyl (C=O) groups is 1. The first-order chi connectivity index (χ1) is 10.8. The van der Waals surface area contributed by atoms with E-state index in [1.165, 1.54) is 14.2 Å². The molecule has 2 saturated carbocycles. The summed E-state index contributed by atoms with van der Waals surface area (Å²) < 4.78 is 58.5. The van der Waals surface area contributed by atoms with Crippen LogP contribution in [0.5, 0.6) is 0 Å². The van der Waals surface area contributed by atoms with Crippen LogP contribution in [0.1, 0.15) is 40.0 Å². The number of halogens is 3.